The number of unbranched alkanes of at least 4 members (excludes halogenated alkanes) is 1. The Morgan fingerprint density at radius 1 is 1.29 bits per heavy atom. The molecule has 0 saturated heterocycles. The molecule has 1 saturated carbocycles. The fourth-order valence-electron chi connectivity index (χ4n) is 2.55. The lowest BCUT2D eigenvalue weighted by Gasteiger charge is -2.40. The van der Waals surface area contributed by atoms with E-state index in [0.717, 1.165) is 38.5 Å². The maximum absolute atomic E-state index is 12.2. The Kier molecular flexibility index (Phi) is 5.96. The Bertz CT molecular complexity index is 231. The van der Waals surface area contributed by atoms with Gasteiger partial charge in [-0.05, 0) is 25.7 Å². The number of carbonyl (C=O) groups is 1. The highest BCUT2D eigenvalue weighted by atomic mass is 16.2. The lowest BCUT2D eigenvalue weighted by Crippen LogP contribution is -2.52. The molecule has 1 rings (SSSR count). The maximum Gasteiger partial charge on any atom is 0.227 e. The molecule has 1 atom stereocenters. The number of amides is 1. The molecule has 100 valence electrons. The van der Waals surface area contributed by atoms with Crippen LogP contribution in [0, 0.1) is 5.41 Å². The summed E-state index contributed by atoms with van der Waals surface area (Å²) in [5.74, 6) is 0.209. The van der Waals surface area contributed by atoms with Gasteiger partial charge in [0.15, 0.2) is 0 Å². The molecule has 1 amide bonds. The number of rotatable bonds is 8. The van der Waals surface area contributed by atoms with Crippen molar-refractivity contribution in [1.82, 2.24) is 5.32 Å². The van der Waals surface area contributed by atoms with Gasteiger partial charge in [-0.1, -0.05) is 39.5 Å². The second kappa shape index (κ2) is 7.00. The molecule has 17 heavy (non-hydrogen) atoms. The van der Waals surface area contributed by atoms with Gasteiger partial charge < -0.3 is 11.1 Å². The Hall–Kier alpha value is -0.570. The minimum Gasteiger partial charge on any atom is -0.353 e. The smallest absolute Gasteiger partial charge is 0.227 e. The first-order chi connectivity index (χ1) is 8.18. The van der Waals surface area contributed by atoms with Crippen LogP contribution in [-0.4, -0.2) is 18.5 Å². The SMILES string of the molecule is CCCCC(CCC)NC(=O)C1(CN)CCC1. The van der Waals surface area contributed by atoms with Crippen LogP contribution in [0.2, 0.25) is 0 Å². The van der Waals surface area contributed by atoms with E-state index in [1.165, 1.54) is 12.8 Å². The summed E-state index contributed by atoms with van der Waals surface area (Å²) in [6.07, 6.45) is 8.81. The van der Waals surface area contributed by atoms with E-state index in [0.29, 0.717) is 12.6 Å². The molecule has 0 bridgehead atoms. The van der Waals surface area contributed by atoms with Crippen molar-refractivity contribution in [2.75, 3.05) is 6.54 Å². The van der Waals surface area contributed by atoms with Gasteiger partial charge in [-0.2, -0.15) is 0 Å². The molecular formula is C14H28N2O. The third-order valence-electron chi connectivity index (χ3n) is 4.06. The Balaban J connectivity index is 2.44. The lowest BCUT2D eigenvalue weighted by molar-refractivity contribution is -0.136. The van der Waals surface area contributed by atoms with E-state index >= 15 is 0 Å². The van der Waals surface area contributed by atoms with Crippen molar-refractivity contribution in [3.05, 3.63) is 0 Å². The van der Waals surface area contributed by atoms with Crippen molar-refractivity contribution < 1.29 is 4.79 Å². The molecule has 0 aliphatic heterocycles. The number of hydrogen-bond donors (Lipinski definition) is 2. The predicted octanol–water partition coefficient (Wildman–Crippen LogP) is 2.59. The van der Waals surface area contributed by atoms with Crippen molar-refractivity contribution in [2.45, 2.75) is 71.3 Å². The molecular weight excluding hydrogens is 212 g/mol. The van der Waals surface area contributed by atoms with E-state index < -0.39 is 0 Å². The van der Waals surface area contributed by atoms with Crippen molar-refractivity contribution in [2.24, 2.45) is 11.1 Å². The van der Waals surface area contributed by atoms with E-state index in [-0.39, 0.29) is 11.3 Å². The molecule has 0 heterocycles. The van der Waals surface area contributed by atoms with E-state index in [9.17, 15) is 4.79 Å². The molecule has 0 aromatic rings. The summed E-state index contributed by atoms with van der Waals surface area (Å²) in [4.78, 5) is 12.2. The molecule has 3 N–H and O–H groups in total. The van der Waals surface area contributed by atoms with E-state index in [4.69, 9.17) is 5.73 Å². The van der Waals surface area contributed by atoms with E-state index in [2.05, 4.69) is 19.2 Å². The first-order valence-electron chi connectivity index (χ1n) is 7.19. The molecule has 0 aromatic carbocycles. The quantitative estimate of drug-likeness (QED) is 0.685. The molecule has 1 aliphatic rings. The fourth-order valence-corrected chi connectivity index (χ4v) is 2.55. The van der Waals surface area contributed by atoms with E-state index in [1.54, 1.807) is 0 Å². The third kappa shape index (κ3) is 3.70. The minimum atomic E-state index is -0.224. The van der Waals surface area contributed by atoms with Gasteiger partial charge in [0.05, 0.1) is 5.41 Å². The van der Waals surface area contributed by atoms with Crippen LogP contribution in [0.1, 0.15) is 65.2 Å². The normalized spacial score (nSPS) is 19.5. The van der Waals surface area contributed by atoms with E-state index in [1.807, 2.05) is 0 Å². The Morgan fingerprint density at radius 3 is 2.41 bits per heavy atom. The predicted molar refractivity (Wildman–Crippen MR) is 71.7 cm³/mol. The summed E-state index contributed by atoms with van der Waals surface area (Å²) >= 11 is 0. The molecule has 1 fully saturated rings. The largest absolute Gasteiger partial charge is 0.353 e. The highest BCUT2D eigenvalue weighted by Crippen LogP contribution is 2.40. The van der Waals surface area contributed by atoms with Crippen molar-refractivity contribution in [3.8, 4) is 0 Å². The van der Waals surface area contributed by atoms with Gasteiger partial charge in [-0.25, -0.2) is 0 Å². The first-order valence-corrected chi connectivity index (χ1v) is 7.19. The molecule has 1 aliphatic carbocycles. The third-order valence-corrected chi connectivity index (χ3v) is 4.06. The van der Waals surface area contributed by atoms with Crippen LogP contribution >= 0.6 is 0 Å². The van der Waals surface area contributed by atoms with Crippen molar-refractivity contribution in [3.63, 3.8) is 0 Å². The Labute approximate surface area is 106 Å². The van der Waals surface area contributed by atoms with Gasteiger partial charge in [0.25, 0.3) is 0 Å². The van der Waals surface area contributed by atoms with Crippen molar-refractivity contribution >= 4 is 5.91 Å². The maximum atomic E-state index is 12.2. The van der Waals surface area contributed by atoms with Crippen LogP contribution < -0.4 is 11.1 Å². The molecule has 3 heteroatoms. The summed E-state index contributed by atoms with van der Waals surface area (Å²) < 4.78 is 0. The molecule has 3 nitrogen and oxygen atoms in total. The van der Waals surface area contributed by atoms with Crippen LogP contribution in [-0.2, 0) is 4.79 Å². The van der Waals surface area contributed by atoms with Crippen LogP contribution in [0.4, 0.5) is 0 Å². The van der Waals surface area contributed by atoms with Crippen LogP contribution in [0.25, 0.3) is 0 Å². The number of nitrogens with two attached hydrogens (primary N) is 1. The average molecular weight is 240 g/mol. The second-order valence-corrected chi connectivity index (χ2v) is 5.44. The van der Waals surface area contributed by atoms with Gasteiger partial charge in [-0.15, -0.1) is 0 Å². The summed E-state index contributed by atoms with van der Waals surface area (Å²) in [7, 11) is 0. The zero-order chi connectivity index (χ0) is 12.7. The molecule has 0 radical (unpaired) electrons. The summed E-state index contributed by atoms with van der Waals surface area (Å²) in [5, 5.41) is 3.23. The number of carbonyl (C=O) groups excluding carboxylic acids is 1. The van der Waals surface area contributed by atoms with Gasteiger partial charge in [0, 0.05) is 12.6 Å². The highest BCUT2D eigenvalue weighted by Gasteiger charge is 2.43. The fraction of sp³-hybridized carbons (Fsp3) is 0.929. The van der Waals surface area contributed by atoms with Crippen LogP contribution in [0.5, 0.6) is 0 Å². The van der Waals surface area contributed by atoms with Gasteiger partial charge in [-0.3, -0.25) is 4.79 Å². The Morgan fingerprint density at radius 2 is 2.00 bits per heavy atom. The van der Waals surface area contributed by atoms with Gasteiger partial charge >= 0.3 is 0 Å². The lowest BCUT2D eigenvalue weighted by atomic mass is 9.68. The van der Waals surface area contributed by atoms with Crippen LogP contribution in [0.15, 0.2) is 0 Å². The first kappa shape index (κ1) is 14.5. The highest BCUT2D eigenvalue weighted by molar-refractivity contribution is 5.84. The van der Waals surface area contributed by atoms with Gasteiger partial charge in [0.2, 0.25) is 5.91 Å². The second-order valence-electron chi connectivity index (χ2n) is 5.44. The number of hydrogen-bond acceptors (Lipinski definition) is 2. The topological polar surface area (TPSA) is 55.1 Å². The van der Waals surface area contributed by atoms with Gasteiger partial charge in [0.1, 0.15) is 0 Å². The monoisotopic (exact) mass is 240 g/mol. The molecule has 0 aromatic heterocycles. The molecule has 1 unspecified atom stereocenters. The zero-order valence-corrected chi connectivity index (χ0v) is 11.4. The number of nitrogens with one attached hydrogen (secondary N) is 1. The minimum absolute atomic E-state index is 0.209. The average Bonchev–Trinajstić information content (AvgIpc) is 2.25. The van der Waals surface area contributed by atoms with Crippen LogP contribution in [0.3, 0.4) is 0 Å². The standard InChI is InChI=1S/C14H28N2O/c1-3-5-8-12(7-4-2)16-13(17)14(11-15)9-6-10-14/h12H,3-11,15H2,1-2H3,(H,16,17). The zero-order valence-electron chi connectivity index (χ0n) is 11.4. The summed E-state index contributed by atoms with van der Waals surface area (Å²) in [6, 6.07) is 0.358. The molecule has 0 spiro atoms. The van der Waals surface area contributed by atoms with Crippen molar-refractivity contribution in [1.29, 1.82) is 0 Å². The summed E-state index contributed by atoms with van der Waals surface area (Å²) in [6.45, 7) is 4.87. The summed E-state index contributed by atoms with van der Waals surface area (Å²) in [5.41, 5.74) is 5.53.